The molecular weight excluding hydrogens is 354 g/mol. The van der Waals surface area contributed by atoms with Gasteiger partial charge in [0.25, 0.3) is 8.32 Å². The smallest absolute Gasteiger partial charge is 0.261 e. The van der Waals surface area contributed by atoms with Crippen molar-refractivity contribution in [3.8, 4) is 0 Å². The van der Waals surface area contributed by atoms with Crippen molar-refractivity contribution in [2.45, 2.75) is 50.5 Å². The molecule has 0 saturated carbocycles. The second kappa shape index (κ2) is 8.25. The fourth-order valence-corrected chi connectivity index (χ4v) is 8.66. The SMILES string of the molecule is CC(C)(C)[Si](OC[C@H]1O[C@H](CN)C[C@@H]1O)(c1ccccc1)c1ccccc1. The molecule has 146 valence electrons. The zero-order valence-electron chi connectivity index (χ0n) is 16.5. The molecule has 3 rings (SSSR count). The van der Waals surface area contributed by atoms with Gasteiger partial charge in [-0.15, -0.1) is 0 Å². The van der Waals surface area contributed by atoms with Crippen LogP contribution in [0.25, 0.3) is 0 Å². The molecule has 3 atom stereocenters. The van der Waals surface area contributed by atoms with Crippen LogP contribution in [0.1, 0.15) is 27.2 Å². The minimum Gasteiger partial charge on any atom is -0.405 e. The number of benzene rings is 2. The third kappa shape index (κ3) is 4.03. The van der Waals surface area contributed by atoms with Crippen molar-refractivity contribution in [1.82, 2.24) is 0 Å². The van der Waals surface area contributed by atoms with E-state index in [0.717, 1.165) is 0 Å². The Bertz CT molecular complexity index is 678. The second-order valence-corrected chi connectivity index (χ2v) is 12.6. The van der Waals surface area contributed by atoms with Gasteiger partial charge in [0.05, 0.1) is 18.8 Å². The van der Waals surface area contributed by atoms with E-state index >= 15 is 0 Å². The lowest BCUT2D eigenvalue weighted by Crippen LogP contribution is -2.67. The first kappa shape index (κ1) is 20.2. The van der Waals surface area contributed by atoms with Crippen molar-refractivity contribution in [3.63, 3.8) is 0 Å². The van der Waals surface area contributed by atoms with Crippen LogP contribution in [0.5, 0.6) is 0 Å². The minimum atomic E-state index is -2.60. The van der Waals surface area contributed by atoms with E-state index in [1.165, 1.54) is 10.4 Å². The van der Waals surface area contributed by atoms with E-state index in [4.69, 9.17) is 14.9 Å². The number of aliphatic hydroxyl groups is 1. The molecule has 0 aliphatic carbocycles. The van der Waals surface area contributed by atoms with E-state index in [9.17, 15) is 5.11 Å². The van der Waals surface area contributed by atoms with Crippen molar-refractivity contribution in [3.05, 3.63) is 60.7 Å². The third-order valence-corrected chi connectivity index (χ3v) is 10.4. The second-order valence-electron chi connectivity index (χ2n) is 8.31. The molecule has 5 heteroatoms. The third-order valence-electron chi connectivity index (χ3n) is 5.44. The molecule has 1 aliphatic rings. The molecule has 0 radical (unpaired) electrons. The van der Waals surface area contributed by atoms with E-state index in [-0.39, 0.29) is 17.2 Å². The van der Waals surface area contributed by atoms with Gasteiger partial charge in [0.15, 0.2) is 0 Å². The van der Waals surface area contributed by atoms with Crippen molar-refractivity contribution in [2.24, 2.45) is 5.73 Å². The predicted molar refractivity (Wildman–Crippen MR) is 112 cm³/mol. The Labute approximate surface area is 163 Å². The van der Waals surface area contributed by atoms with E-state index in [0.29, 0.717) is 19.6 Å². The lowest BCUT2D eigenvalue weighted by atomic mass is 10.1. The summed E-state index contributed by atoms with van der Waals surface area (Å²) >= 11 is 0. The maximum Gasteiger partial charge on any atom is 0.261 e. The van der Waals surface area contributed by atoms with Crippen LogP contribution >= 0.6 is 0 Å². The van der Waals surface area contributed by atoms with Crippen molar-refractivity contribution in [1.29, 1.82) is 0 Å². The highest BCUT2D eigenvalue weighted by molar-refractivity contribution is 6.99. The Morgan fingerprint density at radius 2 is 1.56 bits per heavy atom. The summed E-state index contributed by atoms with van der Waals surface area (Å²) in [5.41, 5.74) is 5.72. The average Bonchev–Trinajstić information content (AvgIpc) is 3.03. The highest BCUT2D eigenvalue weighted by Gasteiger charge is 2.51. The number of rotatable bonds is 6. The first-order chi connectivity index (χ1) is 12.9. The Balaban J connectivity index is 2.00. The molecule has 1 heterocycles. The maximum atomic E-state index is 10.4. The summed E-state index contributed by atoms with van der Waals surface area (Å²) < 4.78 is 12.8. The van der Waals surface area contributed by atoms with E-state index in [1.54, 1.807) is 0 Å². The number of nitrogens with two attached hydrogens (primary N) is 1. The molecule has 0 amide bonds. The van der Waals surface area contributed by atoms with Gasteiger partial charge in [0, 0.05) is 13.0 Å². The zero-order chi connectivity index (χ0) is 19.5. The first-order valence-electron chi connectivity index (χ1n) is 9.67. The molecule has 4 nitrogen and oxygen atoms in total. The number of hydrogen-bond acceptors (Lipinski definition) is 4. The normalized spacial score (nSPS) is 23.5. The van der Waals surface area contributed by atoms with Crippen molar-refractivity contribution < 1.29 is 14.3 Å². The van der Waals surface area contributed by atoms with Gasteiger partial charge in [0.1, 0.15) is 6.10 Å². The fourth-order valence-electron chi connectivity index (χ4n) is 4.09. The van der Waals surface area contributed by atoms with Crippen LogP contribution in [0, 0.1) is 0 Å². The monoisotopic (exact) mass is 385 g/mol. The molecule has 27 heavy (non-hydrogen) atoms. The largest absolute Gasteiger partial charge is 0.405 e. The van der Waals surface area contributed by atoms with Gasteiger partial charge in [-0.2, -0.15) is 0 Å². The van der Waals surface area contributed by atoms with Gasteiger partial charge in [0.2, 0.25) is 0 Å². The summed E-state index contributed by atoms with van der Waals surface area (Å²) in [5, 5.41) is 12.8. The van der Waals surface area contributed by atoms with Crippen LogP contribution in [-0.4, -0.2) is 44.9 Å². The molecule has 0 bridgehead atoms. The number of hydrogen-bond donors (Lipinski definition) is 2. The van der Waals surface area contributed by atoms with Crippen LogP contribution in [-0.2, 0) is 9.16 Å². The lowest BCUT2D eigenvalue weighted by Gasteiger charge is -2.43. The minimum absolute atomic E-state index is 0.0900. The van der Waals surface area contributed by atoms with Gasteiger partial charge >= 0.3 is 0 Å². The first-order valence-corrected chi connectivity index (χ1v) is 11.6. The molecular formula is C22H31NO3Si. The summed E-state index contributed by atoms with van der Waals surface area (Å²) in [5.74, 6) is 0. The lowest BCUT2D eigenvalue weighted by molar-refractivity contribution is -0.0154. The van der Waals surface area contributed by atoms with Crippen LogP contribution in [0.4, 0.5) is 0 Å². The predicted octanol–water partition coefficient (Wildman–Crippen LogP) is 2.04. The Morgan fingerprint density at radius 3 is 1.96 bits per heavy atom. The summed E-state index contributed by atoms with van der Waals surface area (Å²) in [6.45, 7) is 7.52. The average molecular weight is 386 g/mol. The molecule has 1 fully saturated rings. The van der Waals surface area contributed by atoms with Crippen LogP contribution in [0.3, 0.4) is 0 Å². The van der Waals surface area contributed by atoms with Gasteiger partial charge in [-0.25, -0.2) is 0 Å². The number of ether oxygens (including phenoxy) is 1. The van der Waals surface area contributed by atoms with Gasteiger partial charge < -0.3 is 20.0 Å². The molecule has 0 aromatic heterocycles. The molecule has 2 aromatic rings. The van der Waals surface area contributed by atoms with E-state index in [1.807, 2.05) is 12.1 Å². The van der Waals surface area contributed by atoms with Crippen LogP contribution < -0.4 is 16.1 Å². The molecule has 2 aromatic carbocycles. The zero-order valence-corrected chi connectivity index (χ0v) is 17.5. The maximum absolute atomic E-state index is 10.4. The summed E-state index contributed by atoms with van der Waals surface area (Å²) in [4.78, 5) is 0. The number of aliphatic hydroxyl groups excluding tert-OH is 1. The van der Waals surface area contributed by atoms with Crippen LogP contribution in [0.15, 0.2) is 60.7 Å². The Morgan fingerprint density at radius 1 is 1.04 bits per heavy atom. The van der Waals surface area contributed by atoms with Crippen molar-refractivity contribution in [2.75, 3.05) is 13.2 Å². The molecule has 1 saturated heterocycles. The quantitative estimate of drug-likeness (QED) is 0.747. The summed E-state index contributed by atoms with van der Waals surface area (Å²) in [6.07, 6.45) is -0.379. The van der Waals surface area contributed by atoms with Crippen molar-refractivity contribution >= 4 is 18.7 Å². The topological polar surface area (TPSA) is 64.7 Å². The Kier molecular flexibility index (Phi) is 6.18. The summed E-state index contributed by atoms with van der Waals surface area (Å²) in [7, 11) is -2.60. The van der Waals surface area contributed by atoms with E-state index < -0.39 is 14.4 Å². The van der Waals surface area contributed by atoms with Crippen LogP contribution in [0.2, 0.25) is 5.04 Å². The highest BCUT2D eigenvalue weighted by atomic mass is 28.4. The van der Waals surface area contributed by atoms with Gasteiger partial charge in [-0.1, -0.05) is 81.4 Å². The molecule has 1 aliphatic heterocycles. The molecule has 3 N–H and O–H groups in total. The Hall–Kier alpha value is -1.50. The highest BCUT2D eigenvalue weighted by Crippen LogP contribution is 2.37. The molecule has 0 unspecified atom stereocenters. The van der Waals surface area contributed by atoms with Gasteiger partial charge in [-0.05, 0) is 15.4 Å². The van der Waals surface area contributed by atoms with E-state index in [2.05, 4.69) is 69.3 Å². The molecule has 0 spiro atoms. The fraction of sp³-hybridized carbons (Fsp3) is 0.455. The standard InChI is InChI=1S/C22H31NO3Si/c1-22(2,3)27(18-10-6-4-7-11-18,19-12-8-5-9-13-19)25-16-21-20(24)14-17(15-23)26-21/h4-13,17,20-21,24H,14-16,23H2,1-3H3/t17-,20-,21+/m0/s1. The van der Waals surface area contributed by atoms with Gasteiger partial charge in [-0.3, -0.25) is 0 Å². The summed E-state index contributed by atoms with van der Waals surface area (Å²) in [6, 6.07) is 21.0.